The number of carbonyl (C=O) groups excluding carboxylic acids is 1. The van der Waals surface area contributed by atoms with E-state index in [9.17, 15) is 4.79 Å². The maximum absolute atomic E-state index is 12.1. The molecule has 1 amide bonds. The van der Waals surface area contributed by atoms with Crippen LogP contribution >= 0.6 is 0 Å². The van der Waals surface area contributed by atoms with Gasteiger partial charge in [-0.25, -0.2) is 0 Å². The molecular formula is C15H23NO3. The van der Waals surface area contributed by atoms with Crippen molar-refractivity contribution >= 4 is 5.91 Å². The van der Waals surface area contributed by atoms with Crippen LogP contribution in [0.1, 0.15) is 37.6 Å². The molecule has 1 aromatic rings. The Labute approximate surface area is 115 Å². The Morgan fingerprint density at radius 1 is 1.21 bits per heavy atom. The molecule has 1 rings (SSSR count). The standard InChI is InChI=1S/C15H23NO3/c1-15(2,3)10-13(19-5)16-14(17)11-6-8-12(18-4)9-7-11/h6-9,13H,10H2,1-5H3,(H,16,17). The molecule has 0 heterocycles. The topological polar surface area (TPSA) is 47.6 Å². The molecule has 1 N–H and O–H groups in total. The molecule has 1 aromatic carbocycles. The molecule has 106 valence electrons. The fraction of sp³-hybridized carbons (Fsp3) is 0.533. The zero-order valence-electron chi connectivity index (χ0n) is 12.3. The van der Waals surface area contributed by atoms with Crippen molar-refractivity contribution in [1.82, 2.24) is 5.32 Å². The van der Waals surface area contributed by atoms with Gasteiger partial charge in [-0.2, -0.15) is 0 Å². The van der Waals surface area contributed by atoms with Gasteiger partial charge < -0.3 is 14.8 Å². The summed E-state index contributed by atoms with van der Waals surface area (Å²) in [6.07, 6.45) is 0.473. The molecule has 0 radical (unpaired) electrons. The van der Waals surface area contributed by atoms with Crippen LogP contribution in [0.2, 0.25) is 0 Å². The first-order chi connectivity index (χ1) is 8.85. The fourth-order valence-corrected chi connectivity index (χ4v) is 1.72. The van der Waals surface area contributed by atoms with Gasteiger partial charge in [-0.3, -0.25) is 4.79 Å². The van der Waals surface area contributed by atoms with E-state index in [0.717, 1.165) is 12.2 Å². The zero-order valence-corrected chi connectivity index (χ0v) is 12.3. The van der Waals surface area contributed by atoms with Gasteiger partial charge in [-0.15, -0.1) is 0 Å². The van der Waals surface area contributed by atoms with Gasteiger partial charge in [0.1, 0.15) is 12.0 Å². The number of amides is 1. The Bertz CT molecular complexity index is 406. The summed E-state index contributed by atoms with van der Waals surface area (Å²) in [5.74, 6) is 0.591. The summed E-state index contributed by atoms with van der Waals surface area (Å²) >= 11 is 0. The van der Waals surface area contributed by atoms with Crippen molar-refractivity contribution in [3.05, 3.63) is 29.8 Å². The summed E-state index contributed by atoms with van der Waals surface area (Å²) in [7, 11) is 3.20. The van der Waals surface area contributed by atoms with Crippen LogP contribution in [0.15, 0.2) is 24.3 Å². The summed E-state index contributed by atoms with van der Waals surface area (Å²) in [5, 5.41) is 2.88. The summed E-state index contributed by atoms with van der Waals surface area (Å²) in [6, 6.07) is 7.00. The number of ether oxygens (including phenoxy) is 2. The number of benzene rings is 1. The first kappa shape index (κ1) is 15.5. The summed E-state index contributed by atoms with van der Waals surface area (Å²) in [5.41, 5.74) is 0.685. The Morgan fingerprint density at radius 2 is 1.79 bits per heavy atom. The van der Waals surface area contributed by atoms with E-state index in [1.54, 1.807) is 38.5 Å². The Balaban J connectivity index is 2.66. The average molecular weight is 265 g/mol. The van der Waals surface area contributed by atoms with Crippen molar-refractivity contribution in [2.75, 3.05) is 14.2 Å². The number of hydrogen-bond donors (Lipinski definition) is 1. The normalized spacial score (nSPS) is 12.9. The Hall–Kier alpha value is -1.55. The van der Waals surface area contributed by atoms with Gasteiger partial charge in [0, 0.05) is 12.7 Å². The molecule has 1 unspecified atom stereocenters. The molecule has 19 heavy (non-hydrogen) atoms. The van der Waals surface area contributed by atoms with Crippen LogP contribution in [-0.2, 0) is 4.74 Å². The van der Waals surface area contributed by atoms with Crippen LogP contribution in [0.5, 0.6) is 5.75 Å². The summed E-state index contributed by atoms with van der Waals surface area (Å²) in [4.78, 5) is 12.1. The van der Waals surface area contributed by atoms with E-state index in [-0.39, 0.29) is 17.6 Å². The Kier molecular flexibility index (Phi) is 5.36. The van der Waals surface area contributed by atoms with Crippen LogP contribution in [0.4, 0.5) is 0 Å². The van der Waals surface area contributed by atoms with E-state index in [1.165, 1.54) is 0 Å². The lowest BCUT2D eigenvalue weighted by Crippen LogP contribution is -2.38. The first-order valence-electron chi connectivity index (χ1n) is 6.33. The molecule has 0 aliphatic carbocycles. The van der Waals surface area contributed by atoms with Crippen molar-refractivity contribution in [3.8, 4) is 5.75 Å². The smallest absolute Gasteiger partial charge is 0.253 e. The van der Waals surface area contributed by atoms with Gasteiger partial charge in [-0.1, -0.05) is 20.8 Å². The Morgan fingerprint density at radius 3 is 2.21 bits per heavy atom. The van der Waals surface area contributed by atoms with Crippen molar-refractivity contribution < 1.29 is 14.3 Å². The first-order valence-corrected chi connectivity index (χ1v) is 6.33. The number of rotatable bonds is 5. The second-order valence-corrected chi connectivity index (χ2v) is 5.69. The minimum absolute atomic E-state index is 0.0911. The van der Waals surface area contributed by atoms with E-state index in [0.29, 0.717) is 5.56 Å². The van der Waals surface area contributed by atoms with E-state index >= 15 is 0 Å². The molecule has 4 nitrogen and oxygen atoms in total. The minimum atomic E-state index is -0.283. The van der Waals surface area contributed by atoms with E-state index < -0.39 is 0 Å². The highest BCUT2D eigenvalue weighted by molar-refractivity contribution is 5.94. The highest BCUT2D eigenvalue weighted by atomic mass is 16.5. The molecule has 0 saturated carbocycles. The van der Waals surface area contributed by atoms with Gasteiger partial charge in [0.25, 0.3) is 5.91 Å². The molecular weight excluding hydrogens is 242 g/mol. The van der Waals surface area contributed by atoms with Crippen LogP contribution in [-0.4, -0.2) is 26.4 Å². The van der Waals surface area contributed by atoms with Gasteiger partial charge in [0.05, 0.1) is 7.11 Å². The van der Waals surface area contributed by atoms with Gasteiger partial charge in [0.2, 0.25) is 0 Å². The van der Waals surface area contributed by atoms with Crippen LogP contribution in [0.3, 0.4) is 0 Å². The average Bonchev–Trinajstić information content (AvgIpc) is 2.36. The third-order valence-corrected chi connectivity index (χ3v) is 2.73. The maximum atomic E-state index is 12.1. The quantitative estimate of drug-likeness (QED) is 0.833. The molecule has 0 fully saturated rings. The molecule has 0 spiro atoms. The van der Waals surface area contributed by atoms with Crippen LogP contribution < -0.4 is 10.1 Å². The van der Waals surface area contributed by atoms with Crippen molar-refractivity contribution in [1.29, 1.82) is 0 Å². The SMILES string of the molecule is COc1ccc(C(=O)NC(CC(C)(C)C)OC)cc1. The maximum Gasteiger partial charge on any atom is 0.253 e. The molecule has 0 saturated heterocycles. The number of hydrogen-bond acceptors (Lipinski definition) is 3. The van der Waals surface area contributed by atoms with Gasteiger partial charge in [-0.05, 0) is 36.1 Å². The lowest BCUT2D eigenvalue weighted by Gasteiger charge is -2.25. The monoisotopic (exact) mass is 265 g/mol. The minimum Gasteiger partial charge on any atom is -0.497 e. The molecule has 0 aliphatic heterocycles. The molecule has 4 heteroatoms. The van der Waals surface area contributed by atoms with E-state index in [1.807, 2.05) is 0 Å². The number of methoxy groups -OCH3 is 2. The molecule has 1 atom stereocenters. The van der Waals surface area contributed by atoms with Crippen molar-refractivity contribution in [2.45, 2.75) is 33.4 Å². The van der Waals surface area contributed by atoms with Crippen LogP contribution in [0, 0.1) is 5.41 Å². The van der Waals surface area contributed by atoms with Gasteiger partial charge in [0.15, 0.2) is 0 Å². The van der Waals surface area contributed by atoms with E-state index in [4.69, 9.17) is 9.47 Å². The third-order valence-electron chi connectivity index (χ3n) is 2.73. The van der Waals surface area contributed by atoms with Gasteiger partial charge >= 0.3 is 0 Å². The second-order valence-electron chi connectivity index (χ2n) is 5.69. The lowest BCUT2D eigenvalue weighted by molar-refractivity contribution is 0.0362. The summed E-state index contributed by atoms with van der Waals surface area (Å²) in [6.45, 7) is 6.33. The zero-order chi connectivity index (χ0) is 14.5. The highest BCUT2D eigenvalue weighted by Crippen LogP contribution is 2.21. The second kappa shape index (κ2) is 6.57. The molecule has 0 bridgehead atoms. The highest BCUT2D eigenvalue weighted by Gasteiger charge is 2.20. The van der Waals surface area contributed by atoms with E-state index in [2.05, 4.69) is 26.1 Å². The predicted molar refractivity (Wildman–Crippen MR) is 75.3 cm³/mol. The van der Waals surface area contributed by atoms with Crippen molar-refractivity contribution in [3.63, 3.8) is 0 Å². The van der Waals surface area contributed by atoms with Crippen molar-refractivity contribution in [2.24, 2.45) is 5.41 Å². The third kappa shape index (κ3) is 5.30. The predicted octanol–water partition coefficient (Wildman–Crippen LogP) is 2.83. The number of carbonyl (C=O) groups is 1. The van der Waals surface area contributed by atoms with Crippen LogP contribution in [0.25, 0.3) is 0 Å². The fourth-order valence-electron chi connectivity index (χ4n) is 1.72. The molecule has 0 aromatic heterocycles. The summed E-state index contributed by atoms with van der Waals surface area (Å²) < 4.78 is 10.4. The molecule has 0 aliphatic rings. The number of nitrogens with one attached hydrogen (secondary N) is 1. The lowest BCUT2D eigenvalue weighted by atomic mass is 9.91. The largest absolute Gasteiger partial charge is 0.497 e.